The average Bonchev–Trinajstić information content (AvgIpc) is 3.34. The Balaban J connectivity index is 1.22. The molecule has 10 heteroatoms. The van der Waals surface area contributed by atoms with Crippen molar-refractivity contribution in [2.75, 3.05) is 50.8 Å². The summed E-state index contributed by atoms with van der Waals surface area (Å²) in [5.41, 5.74) is 2.88. The van der Waals surface area contributed by atoms with E-state index < -0.39 is 5.60 Å². The normalized spacial score (nSPS) is 26.6. The Bertz CT molecular complexity index is 1390. The lowest BCUT2D eigenvalue weighted by atomic mass is 9.91. The lowest BCUT2D eigenvalue weighted by molar-refractivity contribution is -0.122. The molecular weight excluding hydrogens is 573 g/mol. The second kappa shape index (κ2) is 12.3. The number of amides is 2. The minimum atomic E-state index is -0.581. The van der Waals surface area contributed by atoms with Gasteiger partial charge in [0.15, 0.2) is 0 Å². The molecule has 2 amide bonds. The van der Waals surface area contributed by atoms with Gasteiger partial charge in [-0.3, -0.25) is 19.6 Å². The number of ether oxygens (including phenoxy) is 2. The van der Waals surface area contributed by atoms with Crippen LogP contribution in [-0.4, -0.2) is 107 Å². The standard InChI is InChI=1S/C35H48FN5O4/c1-23-16-38(29(17-39(23)33(43)45-34(2,3)4)18-40-27-11-12-28(40)21-44-20-27)19-31(42)41-22-35(5,6)32-30(41)14-25(15-37-32)13-24-7-9-26(36)10-8-24/h7-10,14-15,23,27-29H,11-13,16-22H2,1-6H3/t23-,27?,28?,29-/m1/s1. The quantitative estimate of drug-likeness (QED) is 0.466. The van der Waals surface area contributed by atoms with Crippen molar-refractivity contribution in [1.29, 1.82) is 0 Å². The lowest BCUT2D eigenvalue weighted by Crippen LogP contribution is -2.64. The van der Waals surface area contributed by atoms with Gasteiger partial charge in [0.25, 0.3) is 0 Å². The van der Waals surface area contributed by atoms with Gasteiger partial charge in [0, 0.05) is 62.0 Å². The Labute approximate surface area is 266 Å². The third-order valence-corrected chi connectivity index (χ3v) is 9.77. The van der Waals surface area contributed by atoms with Gasteiger partial charge >= 0.3 is 6.09 Å². The van der Waals surface area contributed by atoms with Crippen molar-refractivity contribution in [2.45, 2.75) is 96.0 Å². The number of rotatable bonds is 6. The number of pyridine rings is 1. The molecule has 4 aliphatic rings. The number of hydrogen-bond donors (Lipinski definition) is 0. The van der Waals surface area contributed by atoms with E-state index in [0.29, 0.717) is 38.1 Å². The SMILES string of the molecule is C[C@@H]1CN(CC(=O)N2CC(C)(C)c3ncc(Cc4ccc(F)cc4)cc32)[C@@H](CN2C3CCC2COC3)CN1C(=O)OC(C)(C)C. The summed E-state index contributed by atoms with van der Waals surface area (Å²) in [5, 5.41) is 0. The summed E-state index contributed by atoms with van der Waals surface area (Å²) in [6, 6.07) is 9.23. The maximum absolute atomic E-state index is 14.2. The molecule has 1 aromatic heterocycles. The largest absolute Gasteiger partial charge is 0.444 e. The minimum Gasteiger partial charge on any atom is -0.444 e. The van der Waals surface area contributed by atoms with E-state index in [0.717, 1.165) is 55.1 Å². The number of fused-ring (bicyclic) bond motifs is 3. The van der Waals surface area contributed by atoms with Crippen LogP contribution in [0.3, 0.4) is 0 Å². The number of halogens is 1. The van der Waals surface area contributed by atoms with Crippen LogP contribution in [0.5, 0.6) is 0 Å². The third-order valence-electron chi connectivity index (χ3n) is 9.77. The summed E-state index contributed by atoms with van der Waals surface area (Å²) < 4.78 is 25.1. The van der Waals surface area contributed by atoms with Crippen molar-refractivity contribution in [3.8, 4) is 0 Å². The first kappa shape index (κ1) is 31.9. The van der Waals surface area contributed by atoms with Crippen molar-refractivity contribution in [3.05, 3.63) is 59.2 Å². The molecule has 0 radical (unpaired) electrons. The van der Waals surface area contributed by atoms with E-state index in [4.69, 9.17) is 14.5 Å². The molecule has 3 saturated heterocycles. The molecule has 0 aliphatic carbocycles. The molecule has 4 aliphatic heterocycles. The highest BCUT2D eigenvalue weighted by Gasteiger charge is 2.45. The lowest BCUT2D eigenvalue weighted by Gasteiger charge is -2.48. The van der Waals surface area contributed by atoms with Crippen LogP contribution in [0.15, 0.2) is 36.5 Å². The number of carbonyl (C=O) groups excluding carboxylic acids is 2. The second-order valence-electron chi connectivity index (χ2n) is 15.1. The van der Waals surface area contributed by atoms with Gasteiger partial charge in [-0.15, -0.1) is 0 Å². The zero-order chi connectivity index (χ0) is 32.1. The number of carbonyl (C=O) groups is 2. The first-order valence-corrected chi connectivity index (χ1v) is 16.4. The summed E-state index contributed by atoms with van der Waals surface area (Å²) in [7, 11) is 0. The second-order valence-corrected chi connectivity index (χ2v) is 15.1. The molecule has 2 aromatic rings. The van der Waals surface area contributed by atoms with Crippen molar-refractivity contribution < 1.29 is 23.5 Å². The summed E-state index contributed by atoms with van der Waals surface area (Å²) in [6.45, 7) is 16.1. The van der Waals surface area contributed by atoms with Crippen molar-refractivity contribution >= 4 is 17.7 Å². The number of hydrogen-bond acceptors (Lipinski definition) is 7. The van der Waals surface area contributed by atoms with E-state index in [2.05, 4.69) is 29.7 Å². The van der Waals surface area contributed by atoms with Gasteiger partial charge in [-0.05, 0) is 76.3 Å². The van der Waals surface area contributed by atoms with Crippen LogP contribution in [-0.2, 0) is 26.1 Å². The van der Waals surface area contributed by atoms with Crippen LogP contribution in [0.1, 0.15) is 71.2 Å². The summed E-state index contributed by atoms with van der Waals surface area (Å²) in [6.07, 6.45) is 4.43. The van der Waals surface area contributed by atoms with Crippen molar-refractivity contribution in [1.82, 2.24) is 19.7 Å². The average molecular weight is 622 g/mol. The fourth-order valence-corrected chi connectivity index (χ4v) is 7.50. The highest BCUT2D eigenvalue weighted by atomic mass is 19.1. The molecule has 2 unspecified atom stereocenters. The monoisotopic (exact) mass is 621 g/mol. The summed E-state index contributed by atoms with van der Waals surface area (Å²) in [5.74, 6) is -0.222. The molecule has 9 nitrogen and oxygen atoms in total. The Morgan fingerprint density at radius 1 is 1.07 bits per heavy atom. The van der Waals surface area contributed by atoms with Crippen LogP contribution in [0.4, 0.5) is 14.9 Å². The molecule has 4 atom stereocenters. The number of piperazine rings is 1. The summed E-state index contributed by atoms with van der Waals surface area (Å²) in [4.78, 5) is 40.9. The Morgan fingerprint density at radius 3 is 2.42 bits per heavy atom. The zero-order valence-corrected chi connectivity index (χ0v) is 27.6. The van der Waals surface area contributed by atoms with E-state index >= 15 is 0 Å². The van der Waals surface area contributed by atoms with Gasteiger partial charge in [-0.2, -0.15) is 0 Å². The van der Waals surface area contributed by atoms with Gasteiger partial charge in [-0.1, -0.05) is 26.0 Å². The van der Waals surface area contributed by atoms with Gasteiger partial charge < -0.3 is 19.3 Å². The molecule has 5 heterocycles. The van der Waals surface area contributed by atoms with Crippen LogP contribution < -0.4 is 4.90 Å². The molecule has 45 heavy (non-hydrogen) atoms. The fourth-order valence-electron chi connectivity index (χ4n) is 7.50. The third kappa shape index (κ3) is 6.88. The topological polar surface area (TPSA) is 78.5 Å². The van der Waals surface area contributed by atoms with E-state index in [1.165, 1.54) is 12.1 Å². The van der Waals surface area contributed by atoms with Gasteiger partial charge in [0.2, 0.25) is 5.91 Å². The predicted octanol–water partition coefficient (Wildman–Crippen LogP) is 4.61. The number of benzene rings is 1. The number of nitrogens with zero attached hydrogens (tertiary/aromatic N) is 5. The molecule has 244 valence electrons. The van der Waals surface area contributed by atoms with E-state index in [1.807, 2.05) is 43.7 Å². The molecule has 0 N–H and O–H groups in total. The van der Waals surface area contributed by atoms with Gasteiger partial charge in [0.1, 0.15) is 11.4 Å². The molecule has 3 fully saturated rings. The van der Waals surface area contributed by atoms with Crippen LogP contribution in [0.25, 0.3) is 0 Å². The first-order valence-electron chi connectivity index (χ1n) is 16.4. The zero-order valence-electron chi connectivity index (χ0n) is 27.6. The van der Waals surface area contributed by atoms with Crippen molar-refractivity contribution in [2.24, 2.45) is 0 Å². The Kier molecular flexibility index (Phi) is 8.69. The van der Waals surface area contributed by atoms with E-state index in [9.17, 15) is 14.0 Å². The Morgan fingerprint density at radius 2 is 1.76 bits per heavy atom. The first-order chi connectivity index (χ1) is 21.3. The molecule has 0 spiro atoms. The highest BCUT2D eigenvalue weighted by molar-refractivity contribution is 5.97. The van der Waals surface area contributed by atoms with Crippen LogP contribution >= 0.6 is 0 Å². The van der Waals surface area contributed by atoms with Crippen molar-refractivity contribution in [3.63, 3.8) is 0 Å². The van der Waals surface area contributed by atoms with Gasteiger partial charge in [-0.25, -0.2) is 9.18 Å². The maximum Gasteiger partial charge on any atom is 0.410 e. The predicted molar refractivity (Wildman–Crippen MR) is 171 cm³/mol. The van der Waals surface area contributed by atoms with Crippen LogP contribution in [0.2, 0.25) is 0 Å². The maximum atomic E-state index is 14.2. The number of aromatic nitrogens is 1. The molecule has 6 rings (SSSR count). The summed E-state index contributed by atoms with van der Waals surface area (Å²) >= 11 is 0. The molecule has 0 saturated carbocycles. The Hall–Kier alpha value is -3.08. The molecule has 1 aromatic carbocycles. The highest BCUT2D eigenvalue weighted by Crippen LogP contribution is 2.40. The smallest absolute Gasteiger partial charge is 0.410 e. The van der Waals surface area contributed by atoms with Crippen LogP contribution in [0, 0.1) is 5.82 Å². The fraction of sp³-hybridized carbons (Fsp3) is 0.629. The van der Waals surface area contributed by atoms with Gasteiger partial charge in [0.05, 0.1) is 31.1 Å². The number of anilines is 1. The van der Waals surface area contributed by atoms with E-state index in [-0.39, 0.29) is 41.9 Å². The minimum absolute atomic E-state index is 0.0168. The molecular formula is C35H48FN5O4. The molecule has 2 bridgehead atoms. The number of morpholine rings is 1. The van der Waals surface area contributed by atoms with E-state index in [1.54, 1.807) is 12.1 Å².